The quantitative estimate of drug-likeness (QED) is 0.475. The summed E-state index contributed by atoms with van der Waals surface area (Å²) in [5, 5.41) is 10.4. The Balaban J connectivity index is 1.58. The number of hydrogen-bond donors (Lipinski definition) is 1. The van der Waals surface area contributed by atoms with E-state index < -0.39 is 11.9 Å². The molecule has 10 nitrogen and oxygen atoms in total. The molecule has 4 aromatic rings. The van der Waals surface area contributed by atoms with Crippen molar-refractivity contribution in [2.24, 2.45) is 7.05 Å². The normalized spacial score (nSPS) is 12.2. The van der Waals surface area contributed by atoms with Gasteiger partial charge >= 0.3 is 5.97 Å². The largest absolute Gasteiger partial charge is 0.461 e. The zero-order valence-electron chi connectivity index (χ0n) is 17.2. The lowest BCUT2D eigenvalue weighted by molar-refractivity contribution is 0.0516. The van der Waals surface area contributed by atoms with Gasteiger partial charge in [-0.2, -0.15) is 0 Å². The maximum absolute atomic E-state index is 13.1. The summed E-state index contributed by atoms with van der Waals surface area (Å²) >= 11 is 0. The predicted octanol–water partition coefficient (Wildman–Crippen LogP) is 3.39. The van der Waals surface area contributed by atoms with Gasteiger partial charge in [-0.1, -0.05) is 6.07 Å². The van der Waals surface area contributed by atoms with Crippen LogP contribution in [0.4, 0.5) is 5.69 Å². The molecule has 2 aromatic carbocycles. The lowest BCUT2D eigenvalue weighted by Gasteiger charge is -2.11. The van der Waals surface area contributed by atoms with Gasteiger partial charge in [-0.15, -0.1) is 0 Å². The van der Waals surface area contributed by atoms with Gasteiger partial charge in [0.2, 0.25) is 6.79 Å². The van der Waals surface area contributed by atoms with E-state index in [0.29, 0.717) is 39.3 Å². The first kappa shape index (κ1) is 19.6. The number of hydrogen-bond acceptors (Lipinski definition) is 8. The molecule has 1 N–H and O–H groups in total. The molecule has 3 heterocycles. The average Bonchev–Trinajstić information content (AvgIpc) is 3.51. The highest BCUT2D eigenvalue weighted by Gasteiger charge is 2.26. The molecule has 0 bridgehead atoms. The van der Waals surface area contributed by atoms with Crippen molar-refractivity contribution in [1.82, 2.24) is 14.9 Å². The Hall–Kier alpha value is -4.34. The topological polar surface area (TPSA) is 118 Å². The van der Waals surface area contributed by atoms with Crippen molar-refractivity contribution in [3.05, 3.63) is 53.9 Å². The van der Waals surface area contributed by atoms with Crippen LogP contribution in [0.25, 0.3) is 22.2 Å². The third kappa shape index (κ3) is 3.31. The van der Waals surface area contributed by atoms with E-state index in [4.69, 9.17) is 18.8 Å². The second-order valence-electron chi connectivity index (χ2n) is 7.09. The molecule has 0 atom stereocenters. The first-order valence-corrected chi connectivity index (χ1v) is 9.85. The third-order valence-electron chi connectivity index (χ3n) is 5.09. The minimum Gasteiger partial charge on any atom is -0.461 e. The van der Waals surface area contributed by atoms with E-state index in [0.717, 1.165) is 5.56 Å². The SMILES string of the molecule is CCOC(=O)c1c(NC(=O)c2ccc3nonc3c2)c(-c2ccc3c(c2)OCO3)cn1C. The number of aryl methyl sites for hydroxylation is 1. The third-order valence-corrected chi connectivity index (χ3v) is 5.09. The van der Waals surface area contributed by atoms with Crippen molar-refractivity contribution in [2.75, 3.05) is 18.7 Å². The Morgan fingerprint density at radius 2 is 1.91 bits per heavy atom. The first-order chi connectivity index (χ1) is 15.5. The number of carbonyl (C=O) groups excluding carboxylic acids is 2. The zero-order chi connectivity index (χ0) is 22.2. The molecule has 1 aliphatic rings. The summed E-state index contributed by atoms with van der Waals surface area (Å²) in [7, 11) is 1.71. The molecule has 1 amide bonds. The predicted molar refractivity (Wildman–Crippen MR) is 113 cm³/mol. The average molecular weight is 434 g/mol. The number of ether oxygens (including phenoxy) is 3. The number of aromatic nitrogens is 3. The fraction of sp³-hybridized carbons (Fsp3) is 0.182. The molecule has 2 aromatic heterocycles. The van der Waals surface area contributed by atoms with Gasteiger partial charge in [-0.05, 0) is 53.1 Å². The molecule has 10 heteroatoms. The van der Waals surface area contributed by atoms with Crippen molar-refractivity contribution >= 4 is 28.6 Å². The Kier molecular flexibility index (Phi) is 4.74. The molecule has 0 unspecified atom stereocenters. The number of carbonyl (C=O) groups is 2. The van der Waals surface area contributed by atoms with E-state index in [1.54, 1.807) is 55.1 Å². The minimum atomic E-state index is -0.548. The van der Waals surface area contributed by atoms with E-state index in [1.165, 1.54) is 0 Å². The summed E-state index contributed by atoms with van der Waals surface area (Å²) in [6, 6.07) is 10.2. The van der Waals surface area contributed by atoms with E-state index in [2.05, 4.69) is 15.6 Å². The summed E-state index contributed by atoms with van der Waals surface area (Å²) in [6.07, 6.45) is 1.75. The molecule has 5 rings (SSSR count). The molecule has 1 aliphatic heterocycles. The maximum Gasteiger partial charge on any atom is 0.357 e. The number of fused-ring (bicyclic) bond motifs is 2. The van der Waals surface area contributed by atoms with Crippen molar-refractivity contribution in [3.8, 4) is 22.6 Å². The van der Waals surface area contributed by atoms with Crippen LogP contribution >= 0.6 is 0 Å². The number of nitrogens with one attached hydrogen (secondary N) is 1. The Bertz CT molecular complexity index is 1360. The summed E-state index contributed by atoms with van der Waals surface area (Å²) in [5.41, 5.74) is 3.24. The molecule has 0 aliphatic carbocycles. The molecular formula is C22H18N4O6. The van der Waals surface area contributed by atoms with Crippen LogP contribution in [-0.4, -0.2) is 40.2 Å². The first-order valence-electron chi connectivity index (χ1n) is 9.85. The summed E-state index contributed by atoms with van der Waals surface area (Å²) < 4.78 is 22.4. The van der Waals surface area contributed by atoms with Gasteiger partial charge in [-0.3, -0.25) is 4.79 Å². The molecule has 32 heavy (non-hydrogen) atoms. The molecule has 0 fully saturated rings. The number of benzene rings is 2. The molecule has 0 saturated heterocycles. The van der Waals surface area contributed by atoms with Gasteiger partial charge < -0.3 is 24.1 Å². The van der Waals surface area contributed by atoms with Crippen LogP contribution in [0.2, 0.25) is 0 Å². The minimum absolute atomic E-state index is 0.143. The van der Waals surface area contributed by atoms with Crippen molar-refractivity contribution in [1.29, 1.82) is 0 Å². The van der Waals surface area contributed by atoms with Crippen molar-refractivity contribution < 1.29 is 28.4 Å². The number of anilines is 1. The van der Waals surface area contributed by atoms with Gasteiger partial charge in [0, 0.05) is 24.4 Å². The van der Waals surface area contributed by atoms with Gasteiger partial charge in [0.15, 0.2) is 17.2 Å². The Morgan fingerprint density at radius 1 is 1.09 bits per heavy atom. The number of amides is 1. The Morgan fingerprint density at radius 3 is 2.75 bits per heavy atom. The molecular weight excluding hydrogens is 416 g/mol. The van der Waals surface area contributed by atoms with E-state index >= 15 is 0 Å². The van der Waals surface area contributed by atoms with Crippen LogP contribution in [0.5, 0.6) is 11.5 Å². The van der Waals surface area contributed by atoms with Crippen LogP contribution < -0.4 is 14.8 Å². The monoisotopic (exact) mass is 434 g/mol. The zero-order valence-corrected chi connectivity index (χ0v) is 17.2. The Labute approximate surface area is 181 Å². The highest BCUT2D eigenvalue weighted by atomic mass is 16.7. The van der Waals surface area contributed by atoms with Gasteiger partial charge in [-0.25, -0.2) is 9.42 Å². The number of esters is 1. The fourth-order valence-electron chi connectivity index (χ4n) is 3.59. The van der Waals surface area contributed by atoms with E-state index in [-0.39, 0.29) is 19.1 Å². The molecule has 162 valence electrons. The van der Waals surface area contributed by atoms with Gasteiger partial charge in [0.25, 0.3) is 5.91 Å². The standard InChI is InChI=1S/C22H18N4O6/c1-3-29-22(28)20-19(23-21(27)13-4-6-15-16(8-13)25-32-24-15)14(10-26(20)2)12-5-7-17-18(9-12)31-11-30-17/h4-10H,3,11H2,1-2H3,(H,23,27). The highest BCUT2D eigenvalue weighted by molar-refractivity contribution is 6.11. The summed E-state index contributed by atoms with van der Waals surface area (Å²) in [5.74, 6) is 0.253. The van der Waals surface area contributed by atoms with Crippen LogP contribution in [0.3, 0.4) is 0 Å². The van der Waals surface area contributed by atoms with Gasteiger partial charge in [0.05, 0.1) is 12.3 Å². The van der Waals surface area contributed by atoms with Crippen molar-refractivity contribution in [2.45, 2.75) is 6.92 Å². The second kappa shape index (κ2) is 7.73. The number of nitrogens with zero attached hydrogens (tertiary/aromatic N) is 3. The van der Waals surface area contributed by atoms with E-state index in [9.17, 15) is 9.59 Å². The highest BCUT2D eigenvalue weighted by Crippen LogP contribution is 2.40. The van der Waals surface area contributed by atoms with Crippen LogP contribution in [0, 0.1) is 0 Å². The van der Waals surface area contributed by atoms with E-state index in [1.807, 2.05) is 6.07 Å². The molecule has 0 spiro atoms. The van der Waals surface area contributed by atoms with Crippen LogP contribution in [-0.2, 0) is 11.8 Å². The smallest absolute Gasteiger partial charge is 0.357 e. The summed E-state index contributed by atoms with van der Waals surface area (Å²) in [6.45, 7) is 2.07. The lowest BCUT2D eigenvalue weighted by atomic mass is 10.1. The van der Waals surface area contributed by atoms with Gasteiger partial charge in [0.1, 0.15) is 11.0 Å². The number of rotatable bonds is 5. The summed E-state index contributed by atoms with van der Waals surface area (Å²) in [4.78, 5) is 25.8. The lowest BCUT2D eigenvalue weighted by Crippen LogP contribution is -2.17. The fourth-order valence-corrected chi connectivity index (χ4v) is 3.59. The van der Waals surface area contributed by atoms with Crippen molar-refractivity contribution in [3.63, 3.8) is 0 Å². The maximum atomic E-state index is 13.1. The van der Waals surface area contributed by atoms with Crippen LogP contribution in [0.15, 0.2) is 47.2 Å². The second-order valence-corrected chi connectivity index (χ2v) is 7.09. The van der Waals surface area contributed by atoms with Crippen LogP contribution in [0.1, 0.15) is 27.8 Å². The molecule has 0 radical (unpaired) electrons. The molecule has 0 saturated carbocycles.